The number of carbonyl (C=O) groups is 1. The van der Waals surface area contributed by atoms with Crippen LogP contribution in [0.25, 0.3) is 0 Å². The summed E-state index contributed by atoms with van der Waals surface area (Å²) in [6.45, 7) is 5.70. The van der Waals surface area contributed by atoms with Crippen LogP contribution in [0.2, 0.25) is 10.0 Å². The van der Waals surface area contributed by atoms with E-state index in [2.05, 4.69) is 5.32 Å². The van der Waals surface area contributed by atoms with Crippen LogP contribution >= 0.6 is 23.2 Å². The van der Waals surface area contributed by atoms with Gasteiger partial charge >= 0.3 is 0 Å². The van der Waals surface area contributed by atoms with E-state index >= 15 is 0 Å². The van der Waals surface area contributed by atoms with Crippen LogP contribution in [0, 0.1) is 13.8 Å². The highest BCUT2D eigenvalue weighted by atomic mass is 35.5. The van der Waals surface area contributed by atoms with E-state index in [9.17, 15) is 4.79 Å². The van der Waals surface area contributed by atoms with Crippen molar-refractivity contribution in [2.75, 3.05) is 5.32 Å². The van der Waals surface area contributed by atoms with E-state index < -0.39 is 6.10 Å². The van der Waals surface area contributed by atoms with Crippen molar-refractivity contribution in [3.8, 4) is 5.75 Å². The fourth-order valence-electron chi connectivity index (χ4n) is 2.07. The normalized spacial score (nSPS) is 11.9. The Kier molecular flexibility index (Phi) is 5.91. The number of nitrogens with one attached hydrogen (secondary N) is 1. The molecule has 122 valence electrons. The Balaban J connectivity index is 2.08. The number of hydrogen-bond acceptors (Lipinski definition) is 2. The SMILES string of the molecule is CCC(Oc1ccc(Cl)c(C)c1)C(=O)Nc1ccc(C)c(Cl)c1. The lowest BCUT2D eigenvalue weighted by Gasteiger charge is -2.18. The first-order valence-corrected chi connectivity index (χ1v) is 8.16. The third-order valence-electron chi connectivity index (χ3n) is 3.51. The lowest BCUT2D eigenvalue weighted by atomic mass is 10.2. The Morgan fingerprint density at radius 1 is 1.09 bits per heavy atom. The van der Waals surface area contributed by atoms with Crippen molar-refractivity contribution in [2.45, 2.75) is 33.3 Å². The van der Waals surface area contributed by atoms with Crippen molar-refractivity contribution in [2.24, 2.45) is 0 Å². The molecule has 23 heavy (non-hydrogen) atoms. The van der Waals surface area contributed by atoms with E-state index in [4.69, 9.17) is 27.9 Å². The highest BCUT2D eigenvalue weighted by Crippen LogP contribution is 2.23. The Morgan fingerprint density at radius 3 is 2.43 bits per heavy atom. The van der Waals surface area contributed by atoms with Gasteiger partial charge in [-0.3, -0.25) is 4.79 Å². The van der Waals surface area contributed by atoms with Gasteiger partial charge in [-0.15, -0.1) is 0 Å². The van der Waals surface area contributed by atoms with Crippen LogP contribution in [0.15, 0.2) is 36.4 Å². The average Bonchev–Trinajstić information content (AvgIpc) is 2.52. The summed E-state index contributed by atoms with van der Waals surface area (Å²) in [7, 11) is 0. The molecule has 0 radical (unpaired) electrons. The number of halogens is 2. The van der Waals surface area contributed by atoms with Gasteiger partial charge in [0.1, 0.15) is 5.75 Å². The van der Waals surface area contributed by atoms with Crippen LogP contribution in [0.1, 0.15) is 24.5 Å². The van der Waals surface area contributed by atoms with E-state index in [1.807, 2.05) is 39.0 Å². The van der Waals surface area contributed by atoms with Gasteiger partial charge in [0.15, 0.2) is 6.10 Å². The van der Waals surface area contributed by atoms with E-state index in [1.165, 1.54) is 0 Å². The van der Waals surface area contributed by atoms with E-state index in [1.54, 1.807) is 18.2 Å². The molecule has 0 heterocycles. The first-order chi connectivity index (χ1) is 10.9. The maximum atomic E-state index is 12.4. The number of amides is 1. The number of benzene rings is 2. The quantitative estimate of drug-likeness (QED) is 0.782. The summed E-state index contributed by atoms with van der Waals surface area (Å²) in [5.41, 5.74) is 2.52. The highest BCUT2D eigenvalue weighted by Gasteiger charge is 2.19. The zero-order valence-electron chi connectivity index (χ0n) is 13.3. The van der Waals surface area contributed by atoms with Crippen LogP contribution in [-0.4, -0.2) is 12.0 Å². The molecule has 0 aliphatic rings. The van der Waals surface area contributed by atoms with Gasteiger partial charge in [0.2, 0.25) is 0 Å². The zero-order valence-corrected chi connectivity index (χ0v) is 14.8. The third kappa shape index (κ3) is 4.63. The second kappa shape index (κ2) is 7.71. The Morgan fingerprint density at radius 2 is 1.83 bits per heavy atom. The van der Waals surface area contributed by atoms with Gasteiger partial charge < -0.3 is 10.1 Å². The van der Waals surface area contributed by atoms with Crippen molar-refractivity contribution < 1.29 is 9.53 Å². The summed E-state index contributed by atoms with van der Waals surface area (Å²) in [6.07, 6.45) is -0.0386. The molecule has 0 spiro atoms. The number of aryl methyl sites for hydroxylation is 2. The highest BCUT2D eigenvalue weighted by molar-refractivity contribution is 6.31. The lowest BCUT2D eigenvalue weighted by molar-refractivity contribution is -0.122. The minimum atomic E-state index is -0.587. The molecule has 2 rings (SSSR count). The minimum absolute atomic E-state index is 0.208. The van der Waals surface area contributed by atoms with Crippen molar-refractivity contribution in [3.05, 3.63) is 57.6 Å². The predicted molar refractivity (Wildman–Crippen MR) is 95.7 cm³/mol. The molecular formula is C18H19Cl2NO2. The van der Waals surface area contributed by atoms with Crippen LogP contribution in [0.5, 0.6) is 5.75 Å². The largest absolute Gasteiger partial charge is 0.481 e. The first kappa shape index (κ1) is 17.6. The average molecular weight is 352 g/mol. The first-order valence-electron chi connectivity index (χ1n) is 7.40. The van der Waals surface area contributed by atoms with Crippen molar-refractivity contribution in [3.63, 3.8) is 0 Å². The standard InChI is InChI=1S/C18H19Cl2NO2/c1-4-17(23-14-7-8-15(19)12(3)9-14)18(22)21-13-6-5-11(2)16(20)10-13/h5-10,17H,4H2,1-3H3,(H,21,22). The number of ether oxygens (including phenoxy) is 1. The molecule has 1 unspecified atom stereocenters. The fraction of sp³-hybridized carbons (Fsp3) is 0.278. The molecule has 1 N–H and O–H groups in total. The van der Waals surface area contributed by atoms with Crippen molar-refractivity contribution >= 4 is 34.8 Å². The number of rotatable bonds is 5. The summed E-state index contributed by atoms with van der Waals surface area (Å²) in [4.78, 5) is 12.4. The predicted octanol–water partition coefficient (Wildman–Crippen LogP) is 5.41. The maximum absolute atomic E-state index is 12.4. The Hall–Kier alpha value is -1.71. The zero-order chi connectivity index (χ0) is 17.0. The molecule has 2 aromatic carbocycles. The van der Waals surface area contributed by atoms with Gasteiger partial charge in [-0.05, 0) is 61.7 Å². The van der Waals surface area contributed by atoms with E-state index in [0.717, 1.165) is 11.1 Å². The van der Waals surface area contributed by atoms with Gasteiger partial charge in [-0.25, -0.2) is 0 Å². The van der Waals surface area contributed by atoms with Gasteiger partial charge in [0.05, 0.1) is 0 Å². The van der Waals surface area contributed by atoms with E-state index in [0.29, 0.717) is 27.9 Å². The summed E-state index contributed by atoms with van der Waals surface area (Å²) in [5.74, 6) is 0.413. The van der Waals surface area contributed by atoms with Gasteiger partial charge in [0, 0.05) is 15.7 Å². The molecule has 0 aliphatic carbocycles. The van der Waals surface area contributed by atoms with Gasteiger partial charge in [-0.1, -0.05) is 36.2 Å². The van der Waals surface area contributed by atoms with Crippen LogP contribution in [0.3, 0.4) is 0 Å². The summed E-state index contributed by atoms with van der Waals surface area (Å²) in [5, 5.41) is 4.12. The number of hydrogen-bond donors (Lipinski definition) is 1. The smallest absolute Gasteiger partial charge is 0.265 e. The second-order valence-electron chi connectivity index (χ2n) is 5.38. The van der Waals surface area contributed by atoms with Crippen LogP contribution in [-0.2, 0) is 4.79 Å². The second-order valence-corrected chi connectivity index (χ2v) is 6.19. The van der Waals surface area contributed by atoms with Crippen molar-refractivity contribution in [1.82, 2.24) is 0 Å². The van der Waals surface area contributed by atoms with Crippen LogP contribution in [0.4, 0.5) is 5.69 Å². The number of carbonyl (C=O) groups excluding carboxylic acids is 1. The van der Waals surface area contributed by atoms with Crippen molar-refractivity contribution in [1.29, 1.82) is 0 Å². The topological polar surface area (TPSA) is 38.3 Å². The summed E-state index contributed by atoms with van der Waals surface area (Å²) in [6, 6.07) is 10.8. The Labute approximate surface area is 146 Å². The molecule has 2 aromatic rings. The molecule has 0 saturated carbocycles. The lowest BCUT2D eigenvalue weighted by Crippen LogP contribution is -2.32. The molecule has 1 atom stereocenters. The molecule has 0 aromatic heterocycles. The monoisotopic (exact) mass is 351 g/mol. The van der Waals surface area contributed by atoms with E-state index in [-0.39, 0.29) is 5.91 Å². The maximum Gasteiger partial charge on any atom is 0.265 e. The minimum Gasteiger partial charge on any atom is -0.481 e. The summed E-state index contributed by atoms with van der Waals surface area (Å²) < 4.78 is 5.78. The fourth-order valence-corrected chi connectivity index (χ4v) is 2.37. The van der Waals surface area contributed by atoms with Gasteiger partial charge in [0.25, 0.3) is 5.91 Å². The molecule has 0 fully saturated rings. The Bertz CT molecular complexity index is 716. The molecule has 0 saturated heterocycles. The van der Waals surface area contributed by atoms with Crippen LogP contribution < -0.4 is 10.1 Å². The molecular weight excluding hydrogens is 333 g/mol. The van der Waals surface area contributed by atoms with Gasteiger partial charge in [-0.2, -0.15) is 0 Å². The number of anilines is 1. The third-order valence-corrected chi connectivity index (χ3v) is 4.34. The molecule has 0 aliphatic heterocycles. The molecule has 1 amide bonds. The molecule has 3 nitrogen and oxygen atoms in total. The molecule has 5 heteroatoms. The summed E-state index contributed by atoms with van der Waals surface area (Å²) >= 11 is 12.1. The molecule has 0 bridgehead atoms.